The van der Waals surface area contributed by atoms with E-state index < -0.39 is 10.0 Å². The van der Waals surface area contributed by atoms with E-state index in [1.165, 1.54) is 22.5 Å². The molecule has 1 aliphatic rings. The molecular weight excluding hydrogens is 351 g/mol. The summed E-state index contributed by atoms with van der Waals surface area (Å²) in [5.41, 5.74) is 5.45. The zero-order chi connectivity index (χ0) is 15.8. The van der Waals surface area contributed by atoms with E-state index in [4.69, 9.17) is 41.2 Å². The van der Waals surface area contributed by atoms with Crippen LogP contribution >= 0.6 is 35.4 Å². The van der Waals surface area contributed by atoms with E-state index in [9.17, 15) is 8.42 Å². The van der Waals surface area contributed by atoms with Gasteiger partial charge in [0.25, 0.3) is 0 Å². The molecule has 0 radical (unpaired) electrons. The van der Waals surface area contributed by atoms with E-state index in [2.05, 4.69) is 0 Å². The maximum Gasteiger partial charge on any atom is 0.243 e. The molecule has 1 aromatic rings. The molecule has 8 heteroatoms. The molecule has 21 heavy (non-hydrogen) atoms. The topological polar surface area (TPSA) is 63.4 Å². The highest BCUT2D eigenvalue weighted by atomic mass is 35.5. The van der Waals surface area contributed by atoms with Gasteiger partial charge in [-0.15, -0.1) is 0 Å². The molecule has 0 amide bonds. The Labute approximate surface area is 140 Å². The van der Waals surface area contributed by atoms with Crippen molar-refractivity contribution in [2.75, 3.05) is 13.1 Å². The van der Waals surface area contributed by atoms with Crippen molar-refractivity contribution in [2.24, 2.45) is 11.1 Å². The molecule has 1 aromatic carbocycles. The van der Waals surface area contributed by atoms with Gasteiger partial charge in [0, 0.05) is 28.5 Å². The number of rotatable bonds is 3. The first kappa shape index (κ1) is 17.0. The van der Waals surface area contributed by atoms with Gasteiger partial charge in [-0.05, 0) is 31.0 Å². The lowest BCUT2D eigenvalue weighted by Crippen LogP contribution is -2.46. The Morgan fingerprint density at radius 1 is 1.24 bits per heavy atom. The summed E-state index contributed by atoms with van der Waals surface area (Å²) in [5.74, 6) is 0. The molecule has 0 aromatic heterocycles. The van der Waals surface area contributed by atoms with Crippen LogP contribution in [0.25, 0.3) is 0 Å². The molecule has 0 aliphatic carbocycles. The van der Waals surface area contributed by atoms with Crippen molar-refractivity contribution in [3.63, 3.8) is 0 Å². The summed E-state index contributed by atoms with van der Waals surface area (Å²) >= 11 is 16.8. The van der Waals surface area contributed by atoms with E-state index in [-0.39, 0.29) is 10.3 Å². The fraction of sp³-hybridized carbons (Fsp3) is 0.462. The molecule has 2 rings (SSSR count). The molecule has 1 fully saturated rings. The fourth-order valence-electron chi connectivity index (χ4n) is 2.29. The van der Waals surface area contributed by atoms with Crippen LogP contribution in [0.3, 0.4) is 0 Å². The molecule has 1 heterocycles. The zero-order valence-electron chi connectivity index (χ0n) is 11.5. The second-order valence-electron chi connectivity index (χ2n) is 5.43. The number of sulfonamides is 1. The SMILES string of the molecule is CC1(C(N)=S)CCN(S(=O)(=O)c2cc(Cl)cc(Cl)c2)CC1. The van der Waals surface area contributed by atoms with Gasteiger partial charge in [-0.25, -0.2) is 8.42 Å². The van der Waals surface area contributed by atoms with Crippen molar-refractivity contribution < 1.29 is 8.42 Å². The number of hydrogen-bond donors (Lipinski definition) is 1. The molecule has 1 saturated heterocycles. The Hall–Kier alpha value is -0.400. The van der Waals surface area contributed by atoms with E-state index >= 15 is 0 Å². The number of piperidine rings is 1. The predicted octanol–water partition coefficient (Wildman–Crippen LogP) is 3.07. The monoisotopic (exact) mass is 366 g/mol. The average Bonchev–Trinajstić information content (AvgIpc) is 2.38. The minimum Gasteiger partial charge on any atom is -0.393 e. The lowest BCUT2D eigenvalue weighted by molar-refractivity contribution is 0.244. The summed E-state index contributed by atoms with van der Waals surface area (Å²) in [7, 11) is -3.60. The van der Waals surface area contributed by atoms with Crippen molar-refractivity contribution in [1.82, 2.24) is 4.31 Å². The van der Waals surface area contributed by atoms with Crippen LogP contribution < -0.4 is 5.73 Å². The molecule has 4 nitrogen and oxygen atoms in total. The highest BCUT2D eigenvalue weighted by Crippen LogP contribution is 2.34. The fourth-order valence-corrected chi connectivity index (χ4v) is 4.67. The third kappa shape index (κ3) is 3.51. The van der Waals surface area contributed by atoms with Gasteiger partial charge >= 0.3 is 0 Å². The van der Waals surface area contributed by atoms with Gasteiger partial charge in [0.05, 0.1) is 9.88 Å². The predicted molar refractivity (Wildman–Crippen MR) is 89.3 cm³/mol. The maximum atomic E-state index is 12.6. The van der Waals surface area contributed by atoms with Crippen molar-refractivity contribution in [3.8, 4) is 0 Å². The maximum absolute atomic E-state index is 12.6. The third-order valence-corrected chi connectivity index (χ3v) is 6.70. The number of hydrogen-bond acceptors (Lipinski definition) is 3. The normalized spacial score (nSPS) is 19.4. The molecule has 2 N–H and O–H groups in total. The second-order valence-corrected chi connectivity index (χ2v) is 8.68. The summed E-state index contributed by atoms with van der Waals surface area (Å²) in [6.45, 7) is 2.72. The summed E-state index contributed by atoms with van der Waals surface area (Å²) < 4.78 is 26.7. The minimum atomic E-state index is -3.60. The molecular formula is C13H16Cl2N2O2S2. The Morgan fingerprint density at radius 2 is 1.71 bits per heavy atom. The summed E-state index contributed by atoms with van der Waals surface area (Å²) in [5, 5.41) is 0.595. The molecule has 116 valence electrons. The number of halogens is 2. The largest absolute Gasteiger partial charge is 0.393 e. The summed E-state index contributed by atoms with van der Waals surface area (Å²) in [6.07, 6.45) is 1.21. The Bertz CT molecular complexity index is 648. The zero-order valence-corrected chi connectivity index (χ0v) is 14.6. The van der Waals surface area contributed by atoms with Crippen LogP contribution in [0, 0.1) is 5.41 Å². The minimum absolute atomic E-state index is 0.110. The van der Waals surface area contributed by atoms with Gasteiger partial charge in [-0.1, -0.05) is 42.3 Å². The summed E-state index contributed by atoms with van der Waals surface area (Å²) in [6, 6.07) is 4.32. The Kier molecular flexibility index (Phi) is 4.85. The third-order valence-electron chi connectivity index (χ3n) is 3.89. The highest BCUT2D eigenvalue weighted by molar-refractivity contribution is 7.89. The van der Waals surface area contributed by atoms with Crippen LogP contribution in [0.1, 0.15) is 19.8 Å². The molecule has 0 spiro atoms. The first-order valence-electron chi connectivity index (χ1n) is 6.41. The average molecular weight is 367 g/mol. The van der Waals surface area contributed by atoms with Gasteiger partial charge in [0.15, 0.2) is 0 Å². The first-order valence-corrected chi connectivity index (χ1v) is 9.02. The van der Waals surface area contributed by atoms with Crippen molar-refractivity contribution in [3.05, 3.63) is 28.2 Å². The smallest absolute Gasteiger partial charge is 0.243 e. The number of benzene rings is 1. The molecule has 0 atom stereocenters. The van der Waals surface area contributed by atoms with E-state index in [1.54, 1.807) is 0 Å². The van der Waals surface area contributed by atoms with E-state index in [1.807, 2.05) is 6.92 Å². The molecule has 1 aliphatic heterocycles. The number of nitrogens with two attached hydrogens (primary N) is 1. The Balaban J connectivity index is 2.24. The van der Waals surface area contributed by atoms with Gasteiger partial charge in [0.2, 0.25) is 10.0 Å². The van der Waals surface area contributed by atoms with Gasteiger partial charge < -0.3 is 5.73 Å². The lowest BCUT2D eigenvalue weighted by atomic mass is 9.81. The quantitative estimate of drug-likeness (QED) is 0.834. The van der Waals surface area contributed by atoms with Crippen LogP contribution in [-0.4, -0.2) is 30.8 Å². The van der Waals surface area contributed by atoms with Crippen LogP contribution in [0.4, 0.5) is 0 Å². The lowest BCUT2D eigenvalue weighted by Gasteiger charge is -2.37. The highest BCUT2D eigenvalue weighted by Gasteiger charge is 2.37. The van der Waals surface area contributed by atoms with Gasteiger partial charge in [0.1, 0.15) is 0 Å². The molecule has 0 unspecified atom stereocenters. The summed E-state index contributed by atoms with van der Waals surface area (Å²) in [4.78, 5) is 0.546. The van der Waals surface area contributed by atoms with E-state index in [0.29, 0.717) is 41.0 Å². The standard InChI is InChI=1S/C13H16Cl2N2O2S2/c1-13(12(16)20)2-4-17(5-3-13)21(18,19)11-7-9(14)6-10(15)8-11/h6-8H,2-5H2,1H3,(H2,16,20). The second kappa shape index (κ2) is 6.01. The van der Waals surface area contributed by atoms with Crippen LogP contribution in [0.15, 0.2) is 23.1 Å². The molecule has 0 bridgehead atoms. The van der Waals surface area contributed by atoms with Crippen LogP contribution in [-0.2, 0) is 10.0 Å². The Morgan fingerprint density at radius 3 is 2.14 bits per heavy atom. The number of thiocarbonyl (C=S) groups is 1. The van der Waals surface area contributed by atoms with Gasteiger partial charge in [-0.3, -0.25) is 0 Å². The van der Waals surface area contributed by atoms with Crippen LogP contribution in [0.5, 0.6) is 0 Å². The molecule has 0 saturated carbocycles. The van der Waals surface area contributed by atoms with Crippen molar-refractivity contribution in [1.29, 1.82) is 0 Å². The van der Waals surface area contributed by atoms with Crippen LogP contribution in [0.2, 0.25) is 10.0 Å². The van der Waals surface area contributed by atoms with E-state index in [0.717, 1.165) is 0 Å². The van der Waals surface area contributed by atoms with Crippen molar-refractivity contribution in [2.45, 2.75) is 24.7 Å². The number of nitrogens with zero attached hydrogens (tertiary/aromatic N) is 1. The van der Waals surface area contributed by atoms with Crippen molar-refractivity contribution >= 4 is 50.4 Å². The first-order chi connectivity index (χ1) is 9.65. The van der Waals surface area contributed by atoms with Gasteiger partial charge in [-0.2, -0.15) is 4.31 Å².